The Kier molecular flexibility index (Phi) is 124. The zero-order chi connectivity index (χ0) is 35.1. The van der Waals surface area contributed by atoms with Crippen molar-refractivity contribution in [2.45, 2.75) is 60.3 Å². The highest BCUT2D eigenvalue weighted by molar-refractivity contribution is 14.1. The van der Waals surface area contributed by atoms with E-state index >= 15 is 0 Å². The van der Waals surface area contributed by atoms with Crippen molar-refractivity contribution in [2.75, 3.05) is 82.2 Å². The van der Waals surface area contributed by atoms with Crippen molar-refractivity contribution in [2.24, 2.45) is 5.73 Å². The van der Waals surface area contributed by atoms with E-state index in [0.717, 1.165) is 44.2 Å². The van der Waals surface area contributed by atoms with Gasteiger partial charge in [-0.3, -0.25) is 5.73 Å². The molecule has 0 aliphatic carbocycles. The van der Waals surface area contributed by atoms with Crippen LogP contribution < -0.4 is 5.73 Å². The summed E-state index contributed by atoms with van der Waals surface area (Å²) in [6.45, 7) is 25.1. The van der Waals surface area contributed by atoms with Crippen LogP contribution in [0.3, 0.4) is 0 Å². The third kappa shape index (κ3) is 276. The second-order valence-corrected chi connectivity index (χ2v) is 17.8. The SMILES string of the molecule is C=CC.CCCC[P+](C)=O.CCCC[P+](C)=O.CCI.CC[P+](C)=O.C[P+](=O)CN.C[P+](=O)CO.C[PH+]=O.C[PH+]=O. The molecule has 0 amide bonds. The van der Waals surface area contributed by atoms with Crippen molar-refractivity contribution in [3.05, 3.63) is 12.7 Å². The summed E-state index contributed by atoms with van der Waals surface area (Å²) in [4.78, 5) is 0. The highest BCUT2D eigenvalue weighted by atomic mass is 127. The van der Waals surface area contributed by atoms with E-state index in [4.69, 9.17) is 20.0 Å². The van der Waals surface area contributed by atoms with Gasteiger partial charge in [-0.15, -0.1) is 6.58 Å². The van der Waals surface area contributed by atoms with Gasteiger partial charge < -0.3 is 5.11 Å². The number of allylic oxidation sites excluding steroid dienone is 1. The fourth-order valence-corrected chi connectivity index (χ4v) is 2.28. The predicted molar refractivity (Wildman–Crippen MR) is 204 cm³/mol. The summed E-state index contributed by atoms with van der Waals surface area (Å²) in [5.74, 6) is 0. The van der Waals surface area contributed by atoms with E-state index in [1.807, 2.05) is 13.8 Å². The third-order valence-corrected chi connectivity index (χ3v) is 6.25. The Balaban J connectivity index is -0.0000000410. The Morgan fingerprint density at radius 3 is 0.927 bits per heavy atom. The molecule has 0 rings (SSSR count). The zero-order valence-corrected chi connectivity index (χ0v) is 36.5. The van der Waals surface area contributed by atoms with Gasteiger partial charge in [0.1, 0.15) is 65.1 Å². The molecular formula is C24H64INO8P7+7. The summed E-state index contributed by atoms with van der Waals surface area (Å²) in [5.41, 5.74) is 4.89. The largest absolute Gasteiger partial charge is 0.363 e. The van der Waals surface area contributed by atoms with Gasteiger partial charge in [0.2, 0.25) is 6.35 Å². The molecule has 7 unspecified atom stereocenters. The van der Waals surface area contributed by atoms with E-state index in [-0.39, 0.29) is 23.3 Å². The Bertz CT molecular complexity index is 525. The molecule has 17 heteroatoms. The zero-order valence-electron chi connectivity index (χ0n) is 27.9. The monoisotopic (exact) mass is 838 g/mol. The average molecular weight is 838 g/mol. The second-order valence-electron chi connectivity index (χ2n) is 7.02. The summed E-state index contributed by atoms with van der Waals surface area (Å²) in [6.07, 6.45) is 9.07. The summed E-state index contributed by atoms with van der Waals surface area (Å²) in [6, 6.07) is 0. The van der Waals surface area contributed by atoms with E-state index in [0.29, 0.717) is 6.29 Å². The lowest BCUT2D eigenvalue weighted by Crippen LogP contribution is -1.89. The molecule has 41 heavy (non-hydrogen) atoms. The Hall–Kier alpha value is 1.09. The van der Waals surface area contributed by atoms with Crippen LogP contribution in [0, 0.1) is 0 Å². The van der Waals surface area contributed by atoms with E-state index in [1.54, 1.807) is 46.1 Å². The fourth-order valence-electron chi connectivity index (χ4n) is 0.762. The minimum atomic E-state index is -1.29. The van der Waals surface area contributed by atoms with Crippen LogP contribution in [0.1, 0.15) is 60.3 Å². The van der Waals surface area contributed by atoms with Crippen LogP contribution in [0.25, 0.3) is 0 Å². The number of halogens is 1. The van der Waals surface area contributed by atoms with E-state index in [2.05, 4.69) is 49.9 Å². The molecule has 0 saturated heterocycles. The molecule has 0 heterocycles. The van der Waals surface area contributed by atoms with Crippen LogP contribution in [-0.4, -0.2) is 87.3 Å². The van der Waals surface area contributed by atoms with Gasteiger partial charge in [0.15, 0.2) is 6.29 Å². The van der Waals surface area contributed by atoms with E-state index in [1.165, 1.54) is 11.1 Å². The molecular weight excluding hydrogens is 774 g/mol. The lowest BCUT2D eigenvalue weighted by molar-refractivity contribution is 0.363. The fraction of sp³-hybridized carbons (Fsp3) is 0.917. The summed E-state index contributed by atoms with van der Waals surface area (Å²) >= 11 is 2.29. The van der Waals surface area contributed by atoms with E-state index in [9.17, 15) is 22.8 Å². The second kappa shape index (κ2) is 78.0. The van der Waals surface area contributed by atoms with Gasteiger partial charge in [0.25, 0.3) is 0 Å². The van der Waals surface area contributed by atoms with Crippen LogP contribution in [0.2, 0.25) is 0 Å². The van der Waals surface area contributed by atoms with Gasteiger partial charge in [-0.25, -0.2) is 0 Å². The van der Waals surface area contributed by atoms with E-state index < -0.39 is 39.0 Å². The average Bonchev–Trinajstić information content (AvgIpc) is 2.89. The minimum absolute atomic E-state index is 0.167. The topological polar surface area (TPSA) is 166 Å². The van der Waals surface area contributed by atoms with Crippen molar-refractivity contribution in [1.29, 1.82) is 0 Å². The number of unbranched alkanes of at least 4 members (excludes halogenated alkanes) is 2. The van der Waals surface area contributed by atoms with Crippen molar-refractivity contribution < 1.29 is 37.1 Å². The molecule has 0 spiro atoms. The molecule has 0 aromatic carbocycles. The molecule has 0 fully saturated rings. The lowest BCUT2D eigenvalue weighted by atomic mass is 10.4. The molecule has 0 radical (unpaired) electrons. The van der Waals surface area contributed by atoms with Gasteiger partial charge >= 0.3 is 55.9 Å². The van der Waals surface area contributed by atoms with Crippen molar-refractivity contribution in [3.63, 3.8) is 0 Å². The lowest BCUT2D eigenvalue weighted by Gasteiger charge is -1.77. The molecule has 0 aromatic rings. The summed E-state index contributed by atoms with van der Waals surface area (Å²) < 4.78 is 69.3. The maximum absolute atomic E-state index is 10.4. The minimum Gasteiger partial charge on any atom is -0.353 e. The first-order valence-corrected chi connectivity index (χ1v) is 26.7. The Morgan fingerprint density at radius 2 is 0.902 bits per heavy atom. The maximum Gasteiger partial charge on any atom is 0.363 e. The first kappa shape index (κ1) is 64.9. The third-order valence-electron chi connectivity index (χ3n) is 2.55. The molecule has 0 saturated carbocycles. The van der Waals surface area contributed by atoms with Crippen LogP contribution in [-0.2, 0) is 32.0 Å². The molecule has 9 nitrogen and oxygen atoms in total. The van der Waals surface area contributed by atoms with Crippen LogP contribution in [0.4, 0.5) is 0 Å². The smallest absolute Gasteiger partial charge is 0.353 e. The van der Waals surface area contributed by atoms with Crippen LogP contribution >= 0.6 is 78.5 Å². The van der Waals surface area contributed by atoms with Gasteiger partial charge in [-0.2, -0.15) is 0 Å². The Morgan fingerprint density at radius 1 is 0.732 bits per heavy atom. The van der Waals surface area contributed by atoms with Gasteiger partial charge in [0.05, 0.1) is 0 Å². The first-order valence-electron chi connectivity index (χ1n) is 12.9. The van der Waals surface area contributed by atoms with Crippen molar-refractivity contribution in [3.8, 4) is 0 Å². The molecule has 3 N–H and O–H groups in total. The Labute approximate surface area is 275 Å². The van der Waals surface area contributed by atoms with Gasteiger partial charge in [0, 0.05) is 0 Å². The molecule has 0 aliphatic heterocycles. The number of alkyl halides is 1. The van der Waals surface area contributed by atoms with Gasteiger partial charge in [-0.1, -0.05) is 94.2 Å². The maximum atomic E-state index is 10.4. The highest BCUT2D eigenvalue weighted by Gasteiger charge is 2.01. The quantitative estimate of drug-likeness (QED) is 0.0994. The molecule has 0 aromatic heterocycles. The van der Waals surface area contributed by atoms with Crippen LogP contribution in [0.5, 0.6) is 0 Å². The number of aliphatic hydroxyl groups is 1. The summed E-state index contributed by atoms with van der Waals surface area (Å²) in [5, 5.41) is 7.86. The standard InChI is InChI=1S/2C5H12OP.C3H8OP.C3H6.C2H5I.C2H7NOP.C2H6O2P.2CH3OP/c2*1-3-4-5-7(2)6;1-3-5(2)4;1-3-2;1-2-3;2*1-5(4)2-3;2*1-3-2/h2*3-5H2,1-2H3;3H2,1-2H3;3H,1H2,2H3;2H2,1H3;2-3H2,1H3;3H,2H2,1H3;2*1H3/q3*+1;;;2*+1;;/p+2. The van der Waals surface area contributed by atoms with Crippen LogP contribution in [0.15, 0.2) is 12.7 Å². The molecule has 0 aliphatic rings. The number of nitrogens with two attached hydrogens (primary N) is 1. The molecule has 248 valence electrons. The number of hydrogen-bond acceptors (Lipinski definition) is 9. The predicted octanol–water partition coefficient (Wildman–Crippen LogP) is 10.6. The number of rotatable bonds is 9. The van der Waals surface area contributed by atoms with Crippen molar-refractivity contribution >= 4 is 78.5 Å². The highest BCUT2D eigenvalue weighted by Crippen LogP contribution is 2.15. The molecule has 7 atom stereocenters. The summed E-state index contributed by atoms with van der Waals surface area (Å²) in [7, 11) is -5.26. The van der Waals surface area contributed by atoms with Crippen molar-refractivity contribution in [1.82, 2.24) is 0 Å². The number of aliphatic hydroxyl groups excluding tert-OH is 1. The number of hydrogen-bond donors (Lipinski definition) is 2. The first-order chi connectivity index (χ1) is 19.0. The molecule has 0 bridgehead atoms. The normalized spacial score (nSPS) is 9.78. The van der Waals surface area contributed by atoms with Gasteiger partial charge in [-0.05, 0) is 31.1 Å².